The van der Waals surface area contributed by atoms with Crippen molar-refractivity contribution < 1.29 is 14.3 Å². The van der Waals surface area contributed by atoms with E-state index in [1.54, 1.807) is 34.8 Å². The van der Waals surface area contributed by atoms with E-state index in [0.29, 0.717) is 48.3 Å². The van der Waals surface area contributed by atoms with Crippen LogP contribution in [0.25, 0.3) is 21.5 Å². The van der Waals surface area contributed by atoms with E-state index < -0.39 is 0 Å². The molecule has 0 saturated carbocycles. The first-order valence-electron chi connectivity index (χ1n) is 10.9. The highest BCUT2D eigenvalue weighted by molar-refractivity contribution is 7.16. The standard InChI is InChI=1S/C24H26N4O4S2/c1-15-27-19(13-33-15)22-7-6-16(34-22)8-9-25-23(29)5-4-10-28-14-26-18-12-21(32-3)20(31-2)11-17(18)24(28)30/h6-7,11-14H,4-5,8-10H2,1-3H3,(H,25,29). The molecule has 0 atom stereocenters. The molecule has 4 rings (SSSR count). The number of thiophene rings is 1. The maximum atomic E-state index is 12.8. The van der Waals surface area contributed by atoms with Gasteiger partial charge in [0, 0.05) is 35.8 Å². The summed E-state index contributed by atoms with van der Waals surface area (Å²) in [5, 5.41) is 6.54. The molecule has 8 nitrogen and oxygen atoms in total. The van der Waals surface area contributed by atoms with E-state index >= 15 is 0 Å². The molecule has 0 spiro atoms. The Bertz CT molecular complexity index is 1360. The molecule has 3 heterocycles. The minimum absolute atomic E-state index is 0.0277. The minimum atomic E-state index is -0.171. The van der Waals surface area contributed by atoms with Gasteiger partial charge in [0.15, 0.2) is 11.5 Å². The van der Waals surface area contributed by atoms with Gasteiger partial charge in [-0.15, -0.1) is 22.7 Å². The van der Waals surface area contributed by atoms with Crippen molar-refractivity contribution in [2.24, 2.45) is 0 Å². The van der Waals surface area contributed by atoms with Crippen LogP contribution >= 0.6 is 22.7 Å². The van der Waals surface area contributed by atoms with Crippen molar-refractivity contribution in [3.05, 3.63) is 56.2 Å². The van der Waals surface area contributed by atoms with Crippen molar-refractivity contribution >= 4 is 39.5 Å². The molecule has 0 radical (unpaired) electrons. The van der Waals surface area contributed by atoms with Gasteiger partial charge in [0.05, 0.1) is 47.0 Å². The monoisotopic (exact) mass is 498 g/mol. The molecule has 10 heteroatoms. The highest BCUT2D eigenvalue weighted by Crippen LogP contribution is 2.30. The normalized spacial score (nSPS) is 11.0. The van der Waals surface area contributed by atoms with Crippen LogP contribution in [0, 0.1) is 6.92 Å². The van der Waals surface area contributed by atoms with Gasteiger partial charge in [-0.05, 0) is 38.0 Å². The largest absolute Gasteiger partial charge is 0.493 e. The quantitative estimate of drug-likeness (QED) is 0.355. The summed E-state index contributed by atoms with van der Waals surface area (Å²) in [6.45, 7) is 2.98. The average molecular weight is 499 g/mol. The Hall–Kier alpha value is -3.24. The number of hydrogen-bond acceptors (Lipinski definition) is 8. The summed E-state index contributed by atoms with van der Waals surface area (Å²) in [4.78, 5) is 36.3. The summed E-state index contributed by atoms with van der Waals surface area (Å²) in [5.74, 6) is 0.971. The van der Waals surface area contributed by atoms with Gasteiger partial charge < -0.3 is 14.8 Å². The summed E-state index contributed by atoms with van der Waals surface area (Å²) in [6.07, 6.45) is 3.16. The molecule has 1 amide bonds. The average Bonchev–Trinajstić information content (AvgIpc) is 3.48. The molecule has 4 aromatic rings. The second kappa shape index (κ2) is 10.8. The van der Waals surface area contributed by atoms with E-state index in [9.17, 15) is 9.59 Å². The smallest absolute Gasteiger partial charge is 0.261 e. The van der Waals surface area contributed by atoms with Gasteiger partial charge in [-0.25, -0.2) is 9.97 Å². The van der Waals surface area contributed by atoms with Crippen LogP contribution in [0.2, 0.25) is 0 Å². The summed E-state index contributed by atoms with van der Waals surface area (Å²) >= 11 is 3.35. The molecule has 1 N–H and O–H groups in total. The number of rotatable bonds is 10. The molecule has 0 bridgehead atoms. The first kappa shape index (κ1) is 23.9. The highest BCUT2D eigenvalue weighted by Gasteiger charge is 2.12. The number of carbonyl (C=O) groups is 1. The molecular weight excluding hydrogens is 472 g/mol. The van der Waals surface area contributed by atoms with Gasteiger partial charge >= 0.3 is 0 Å². The number of carbonyl (C=O) groups excluding carboxylic acids is 1. The number of aromatic nitrogens is 3. The van der Waals surface area contributed by atoms with Crippen molar-refractivity contribution in [2.75, 3.05) is 20.8 Å². The number of hydrogen-bond donors (Lipinski definition) is 1. The van der Waals surface area contributed by atoms with Crippen LogP contribution in [0.15, 0.2) is 40.8 Å². The lowest BCUT2D eigenvalue weighted by Crippen LogP contribution is -2.26. The number of thiazole rings is 1. The third-order valence-corrected chi connectivity index (χ3v) is 7.30. The molecule has 0 fully saturated rings. The van der Waals surface area contributed by atoms with Gasteiger partial charge in [0.25, 0.3) is 5.56 Å². The molecular formula is C24H26N4O4S2. The van der Waals surface area contributed by atoms with E-state index in [1.165, 1.54) is 30.0 Å². The van der Waals surface area contributed by atoms with Crippen LogP contribution in [0.5, 0.6) is 11.5 Å². The van der Waals surface area contributed by atoms with E-state index in [0.717, 1.165) is 22.0 Å². The van der Waals surface area contributed by atoms with Crippen molar-refractivity contribution in [1.29, 1.82) is 0 Å². The van der Waals surface area contributed by atoms with Crippen LogP contribution in [0.3, 0.4) is 0 Å². The summed E-state index contributed by atoms with van der Waals surface area (Å²) in [5.41, 5.74) is 1.38. The van der Waals surface area contributed by atoms with Crippen LogP contribution in [-0.2, 0) is 17.8 Å². The van der Waals surface area contributed by atoms with Crippen LogP contribution < -0.4 is 20.3 Å². The number of ether oxygens (including phenoxy) is 2. The number of methoxy groups -OCH3 is 2. The van der Waals surface area contributed by atoms with Gasteiger partial charge in [-0.2, -0.15) is 0 Å². The molecule has 3 aromatic heterocycles. The van der Waals surface area contributed by atoms with Crippen LogP contribution in [0.4, 0.5) is 0 Å². The second-order valence-corrected chi connectivity index (χ2v) is 9.92. The first-order valence-corrected chi connectivity index (χ1v) is 12.6. The Morgan fingerprint density at radius 1 is 1.18 bits per heavy atom. The van der Waals surface area contributed by atoms with E-state index in [1.807, 2.05) is 6.92 Å². The number of benzene rings is 1. The van der Waals surface area contributed by atoms with Gasteiger partial charge in [-0.1, -0.05) is 0 Å². The zero-order chi connectivity index (χ0) is 24.1. The Morgan fingerprint density at radius 2 is 1.97 bits per heavy atom. The fourth-order valence-electron chi connectivity index (χ4n) is 3.59. The van der Waals surface area contributed by atoms with Crippen molar-refractivity contribution in [1.82, 2.24) is 19.9 Å². The topological polar surface area (TPSA) is 95.3 Å². The number of fused-ring (bicyclic) bond motifs is 1. The number of amides is 1. The minimum Gasteiger partial charge on any atom is -0.493 e. The first-order chi connectivity index (χ1) is 16.5. The van der Waals surface area contributed by atoms with Crippen molar-refractivity contribution in [3.63, 3.8) is 0 Å². The Balaban J connectivity index is 1.26. The predicted octanol–water partition coefficient (Wildman–Crippen LogP) is 4.05. The van der Waals surface area contributed by atoms with Crippen LogP contribution in [-0.4, -0.2) is 41.2 Å². The second-order valence-electron chi connectivity index (χ2n) is 7.69. The summed E-state index contributed by atoms with van der Waals surface area (Å²) in [7, 11) is 3.06. The lowest BCUT2D eigenvalue weighted by Gasteiger charge is -2.10. The Kier molecular flexibility index (Phi) is 7.59. The lowest BCUT2D eigenvalue weighted by atomic mass is 10.2. The summed E-state index contributed by atoms with van der Waals surface area (Å²) in [6, 6.07) is 7.49. The third-order valence-electron chi connectivity index (χ3n) is 5.36. The highest BCUT2D eigenvalue weighted by atomic mass is 32.1. The Labute approximate surface area is 205 Å². The maximum Gasteiger partial charge on any atom is 0.261 e. The fourth-order valence-corrected chi connectivity index (χ4v) is 5.25. The molecule has 0 unspecified atom stereocenters. The van der Waals surface area contributed by atoms with Crippen molar-refractivity contribution in [3.8, 4) is 22.1 Å². The molecule has 1 aromatic carbocycles. The van der Waals surface area contributed by atoms with E-state index in [-0.39, 0.29) is 11.5 Å². The molecule has 0 aliphatic rings. The van der Waals surface area contributed by atoms with Gasteiger partial charge in [-0.3, -0.25) is 14.2 Å². The zero-order valence-corrected chi connectivity index (χ0v) is 20.9. The molecule has 0 saturated heterocycles. The zero-order valence-electron chi connectivity index (χ0n) is 19.3. The molecule has 0 aliphatic heterocycles. The molecule has 0 aliphatic carbocycles. The third kappa shape index (κ3) is 5.45. The Morgan fingerprint density at radius 3 is 2.71 bits per heavy atom. The van der Waals surface area contributed by atoms with Gasteiger partial charge in [0.2, 0.25) is 5.91 Å². The number of nitrogens with zero attached hydrogens (tertiary/aromatic N) is 3. The van der Waals surface area contributed by atoms with Crippen LogP contribution in [0.1, 0.15) is 22.7 Å². The lowest BCUT2D eigenvalue weighted by molar-refractivity contribution is -0.121. The molecule has 178 valence electrons. The van der Waals surface area contributed by atoms with E-state index in [2.05, 4.69) is 32.8 Å². The predicted molar refractivity (Wildman–Crippen MR) is 135 cm³/mol. The fraction of sp³-hybridized carbons (Fsp3) is 0.333. The number of nitrogens with one attached hydrogen (secondary N) is 1. The van der Waals surface area contributed by atoms with E-state index in [4.69, 9.17) is 9.47 Å². The SMILES string of the molecule is COc1cc2ncn(CCCC(=O)NCCc3ccc(-c4csc(C)n4)s3)c(=O)c2cc1OC. The van der Waals surface area contributed by atoms with Gasteiger partial charge in [0.1, 0.15) is 0 Å². The maximum absolute atomic E-state index is 12.8. The summed E-state index contributed by atoms with van der Waals surface area (Å²) < 4.78 is 12.1. The molecule has 34 heavy (non-hydrogen) atoms. The number of aryl methyl sites for hydroxylation is 2. The van der Waals surface area contributed by atoms with Crippen molar-refractivity contribution in [2.45, 2.75) is 32.7 Å².